The topological polar surface area (TPSA) is 48.0 Å². The molecule has 0 atom stereocenters. The standard InChI is InChI=1S/C15H18BrNO4/c1-19-13-4-3-11(9-12(13)16)14(18)17-6-2-5-15(10-17)20-7-8-21-15/h3-4,9H,2,5-8,10H2,1H3. The summed E-state index contributed by atoms with van der Waals surface area (Å²) in [4.78, 5) is 14.5. The van der Waals surface area contributed by atoms with Gasteiger partial charge >= 0.3 is 0 Å². The van der Waals surface area contributed by atoms with E-state index in [0.717, 1.165) is 23.9 Å². The van der Waals surface area contributed by atoms with Crippen molar-refractivity contribution in [3.8, 4) is 5.75 Å². The normalized spacial score (nSPS) is 20.8. The Morgan fingerprint density at radius 3 is 2.81 bits per heavy atom. The van der Waals surface area contributed by atoms with Crippen molar-refractivity contribution in [2.75, 3.05) is 33.4 Å². The van der Waals surface area contributed by atoms with Crippen LogP contribution in [0.3, 0.4) is 0 Å². The fraction of sp³-hybridized carbons (Fsp3) is 0.533. The lowest BCUT2D eigenvalue weighted by Crippen LogP contribution is -2.51. The van der Waals surface area contributed by atoms with E-state index in [4.69, 9.17) is 14.2 Å². The van der Waals surface area contributed by atoms with Gasteiger partial charge in [0.25, 0.3) is 5.91 Å². The Bertz CT molecular complexity index is 542. The van der Waals surface area contributed by atoms with Crippen molar-refractivity contribution in [3.05, 3.63) is 28.2 Å². The van der Waals surface area contributed by atoms with Gasteiger partial charge in [-0.05, 0) is 40.5 Å². The van der Waals surface area contributed by atoms with Gasteiger partial charge in [-0.1, -0.05) is 0 Å². The van der Waals surface area contributed by atoms with Crippen LogP contribution in [0.5, 0.6) is 5.75 Å². The third-order valence-corrected chi connectivity index (χ3v) is 4.54. The molecule has 0 unspecified atom stereocenters. The van der Waals surface area contributed by atoms with Crippen LogP contribution in [-0.4, -0.2) is 50.0 Å². The number of likely N-dealkylation sites (tertiary alicyclic amines) is 1. The highest BCUT2D eigenvalue weighted by Gasteiger charge is 2.42. The van der Waals surface area contributed by atoms with Crippen LogP contribution in [0.25, 0.3) is 0 Å². The van der Waals surface area contributed by atoms with Crippen molar-refractivity contribution < 1.29 is 19.0 Å². The van der Waals surface area contributed by atoms with E-state index in [-0.39, 0.29) is 5.91 Å². The Labute approximate surface area is 132 Å². The number of amides is 1. The maximum Gasteiger partial charge on any atom is 0.254 e. The second kappa shape index (κ2) is 5.94. The van der Waals surface area contributed by atoms with Crippen molar-refractivity contribution >= 4 is 21.8 Å². The number of carbonyl (C=O) groups is 1. The zero-order valence-corrected chi connectivity index (χ0v) is 13.5. The first kappa shape index (κ1) is 14.8. The van der Waals surface area contributed by atoms with Gasteiger partial charge in [0.05, 0.1) is 31.3 Å². The van der Waals surface area contributed by atoms with E-state index in [1.807, 2.05) is 4.90 Å². The SMILES string of the molecule is COc1ccc(C(=O)N2CCCC3(C2)OCCO3)cc1Br. The van der Waals surface area contributed by atoms with Gasteiger partial charge in [-0.3, -0.25) is 4.79 Å². The number of rotatable bonds is 2. The largest absolute Gasteiger partial charge is 0.496 e. The number of ether oxygens (including phenoxy) is 3. The molecule has 1 spiro atoms. The highest BCUT2D eigenvalue weighted by atomic mass is 79.9. The Hall–Kier alpha value is -1.11. The molecule has 2 saturated heterocycles. The number of hydrogen-bond donors (Lipinski definition) is 0. The van der Waals surface area contributed by atoms with E-state index < -0.39 is 5.79 Å². The van der Waals surface area contributed by atoms with Crippen LogP contribution in [0.2, 0.25) is 0 Å². The second-order valence-electron chi connectivity index (χ2n) is 5.29. The molecule has 1 amide bonds. The molecule has 6 heteroatoms. The lowest BCUT2D eigenvalue weighted by Gasteiger charge is -2.38. The monoisotopic (exact) mass is 355 g/mol. The third-order valence-electron chi connectivity index (χ3n) is 3.92. The van der Waals surface area contributed by atoms with Crippen molar-refractivity contribution in [2.45, 2.75) is 18.6 Å². The van der Waals surface area contributed by atoms with Crippen molar-refractivity contribution in [1.82, 2.24) is 4.90 Å². The minimum absolute atomic E-state index is 0.00321. The summed E-state index contributed by atoms with van der Waals surface area (Å²) in [5.41, 5.74) is 0.637. The number of carbonyl (C=O) groups excluding carboxylic acids is 1. The lowest BCUT2D eigenvalue weighted by molar-refractivity contribution is -0.183. The average Bonchev–Trinajstić information content (AvgIpc) is 2.94. The number of hydrogen-bond acceptors (Lipinski definition) is 4. The van der Waals surface area contributed by atoms with Crippen LogP contribution in [0.4, 0.5) is 0 Å². The third kappa shape index (κ3) is 2.93. The summed E-state index contributed by atoms with van der Waals surface area (Å²) >= 11 is 3.41. The Morgan fingerprint density at radius 1 is 1.38 bits per heavy atom. The van der Waals surface area contributed by atoms with Gasteiger partial charge in [0.2, 0.25) is 0 Å². The van der Waals surface area contributed by atoms with Gasteiger partial charge in [0.15, 0.2) is 5.79 Å². The van der Waals surface area contributed by atoms with Gasteiger partial charge in [-0.25, -0.2) is 0 Å². The van der Waals surface area contributed by atoms with Gasteiger partial charge in [0.1, 0.15) is 5.75 Å². The zero-order chi connectivity index (χ0) is 14.9. The molecule has 114 valence electrons. The predicted molar refractivity (Wildman–Crippen MR) is 80.5 cm³/mol. The van der Waals surface area contributed by atoms with E-state index >= 15 is 0 Å². The molecule has 0 saturated carbocycles. The highest BCUT2D eigenvalue weighted by molar-refractivity contribution is 9.10. The first-order chi connectivity index (χ1) is 10.1. The van der Waals surface area contributed by atoms with Crippen LogP contribution in [0, 0.1) is 0 Å². The summed E-state index contributed by atoms with van der Waals surface area (Å²) in [6.45, 7) is 2.44. The van der Waals surface area contributed by atoms with E-state index in [2.05, 4.69) is 15.9 Å². The molecule has 0 N–H and O–H groups in total. The van der Waals surface area contributed by atoms with E-state index in [1.54, 1.807) is 25.3 Å². The zero-order valence-electron chi connectivity index (χ0n) is 11.9. The Morgan fingerprint density at radius 2 is 2.14 bits per heavy atom. The summed E-state index contributed by atoms with van der Waals surface area (Å²) in [5.74, 6) is 0.123. The molecule has 0 aromatic heterocycles. The summed E-state index contributed by atoms with van der Waals surface area (Å²) < 4.78 is 17.4. The van der Waals surface area contributed by atoms with Gasteiger partial charge in [-0.2, -0.15) is 0 Å². The molecule has 2 fully saturated rings. The van der Waals surface area contributed by atoms with Crippen molar-refractivity contribution in [1.29, 1.82) is 0 Å². The van der Waals surface area contributed by atoms with E-state index in [0.29, 0.717) is 31.1 Å². The molecular weight excluding hydrogens is 338 g/mol. The number of benzene rings is 1. The smallest absolute Gasteiger partial charge is 0.254 e. The fourth-order valence-corrected chi connectivity index (χ4v) is 3.42. The molecule has 2 aliphatic heterocycles. The molecule has 2 heterocycles. The van der Waals surface area contributed by atoms with Crippen LogP contribution < -0.4 is 4.74 Å². The van der Waals surface area contributed by atoms with Crippen LogP contribution >= 0.6 is 15.9 Å². The molecule has 2 aliphatic rings. The maximum absolute atomic E-state index is 12.6. The second-order valence-corrected chi connectivity index (χ2v) is 6.14. The Balaban J connectivity index is 1.76. The summed E-state index contributed by atoms with van der Waals surface area (Å²) in [5, 5.41) is 0. The summed E-state index contributed by atoms with van der Waals surface area (Å²) in [6.07, 6.45) is 1.74. The number of nitrogens with zero attached hydrogens (tertiary/aromatic N) is 1. The first-order valence-corrected chi connectivity index (χ1v) is 7.84. The molecule has 1 aromatic rings. The first-order valence-electron chi connectivity index (χ1n) is 7.04. The molecule has 0 radical (unpaired) electrons. The van der Waals surface area contributed by atoms with E-state index in [1.165, 1.54) is 0 Å². The molecule has 21 heavy (non-hydrogen) atoms. The fourth-order valence-electron chi connectivity index (χ4n) is 2.88. The minimum atomic E-state index is -0.586. The molecule has 0 bridgehead atoms. The molecule has 0 aliphatic carbocycles. The molecule has 5 nitrogen and oxygen atoms in total. The van der Waals surface area contributed by atoms with Crippen molar-refractivity contribution in [2.24, 2.45) is 0 Å². The molecular formula is C15H18BrNO4. The number of piperidine rings is 1. The quantitative estimate of drug-likeness (QED) is 0.817. The maximum atomic E-state index is 12.6. The number of methoxy groups -OCH3 is 1. The summed E-state index contributed by atoms with van der Waals surface area (Å²) in [6, 6.07) is 5.36. The van der Waals surface area contributed by atoms with Gasteiger partial charge in [-0.15, -0.1) is 0 Å². The van der Waals surface area contributed by atoms with Crippen molar-refractivity contribution in [3.63, 3.8) is 0 Å². The van der Waals surface area contributed by atoms with E-state index in [9.17, 15) is 4.79 Å². The average molecular weight is 356 g/mol. The lowest BCUT2D eigenvalue weighted by atomic mass is 10.0. The molecule has 1 aromatic carbocycles. The van der Waals surface area contributed by atoms with Crippen LogP contribution in [-0.2, 0) is 9.47 Å². The van der Waals surface area contributed by atoms with Gasteiger partial charge < -0.3 is 19.1 Å². The number of halogens is 1. The minimum Gasteiger partial charge on any atom is -0.496 e. The van der Waals surface area contributed by atoms with Crippen LogP contribution in [0.15, 0.2) is 22.7 Å². The van der Waals surface area contributed by atoms with Gasteiger partial charge in [0, 0.05) is 18.5 Å². The van der Waals surface area contributed by atoms with Crippen LogP contribution in [0.1, 0.15) is 23.2 Å². The molecule has 3 rings (SSSR count). The summed E-state index contributed by atoms with van der Waals surface area (Å²) in [7, 11) is 1.60. The predicted octanol–water partition coefficient (Wildman–Crippen LogP) is 2.44. The highest BCUT2D eigenvalue weighted by Crippen LogP contribution is 2.31. The Kier molecular flexibility index (Phi) is 4.19.